The molecule has 17 heavy (non-hydrogen) atoms. The maximum atomic E-state index is 8.81. The number of nitrogens with zero attached hydrogens (tertiary/aromatic N) is 2. The topological polar surface area (TPSA) is 45.9 Å². The van der Waals surface area contributed by atoms with Crippen LogP contribution < -0.4 is 4.74 Å². The minimum atomic E-state index is 0.421. The molecule has 0 N–H and O–H groups in total. The minimum Gasteiger partial charge on any atom is -0.494 e. The van der Waals surface area contributed by atoms with Gasteiger partial charge in [0.05, 0.1) is 12.3 Å². The van der Waals surface area contributed by atoms with Gasteiger partial charge in [-0.25, -0.2) is 4.98 Å². The Bertz CT molecular complexity index is 558. The fraction of sp³-hybridized carbons (Fsp3) is 0.143. The second-order valence-electron chi connectivity index (χ2n) is 3.48. The molecule has 84 valence electrons. The van der Waals surface area contributed by atoms with E-state index in [2.05, 4.69) is 4.98 Å². The summed E-state index contributed by atoms with van der Waals surface area (Å²) in [4.78, 5) is 4.25. The molecular formula is C14H12N2O. The van der Waals surface area contributed by atoms with E-state index >= 15 is 0 Å². The molecule has 0 aliphatic heterocycles. The Balaban J connectivity index is 2.39. The number of benzene rings is 1. The highest BCUT2D eigenvalue weighted by atomic mass is 16.5. The number of aromatic nitrogens is 1. The second-order valence-corrected chi connectivity index (χ2v) is 3.48. The number of hydrogen-bond acceptors (Lipinski definition) is 3. The first-order valence-corrected chi connectivity index (χ1v) is 5.44. The first kappa shape index (κ1) is 11.2. The zero-order valence-corrected chi connectivity index (χ0v) is 9.55. The van der Waals surface area contributed by atoms with E-state index in [1.54, 1.807) is 6.07 Å². The molecule has 0 aliphatic carbocycles. The third-order valence-electron chi connectivity index (χ3n) is 2.30. The lowest BCUT2D eigenvalue weighted by atomic mass is 10.1. The summed E-state index contributed by atoms with van der Waals surface area (Å²) in [6.45, 7) is 2.58. The van der Waals surface area contributed by atoms with E-state index < -0.39 is 0 Å². The van der Waals surface area contributed by atoms with Crippen molar-refractivity contribution in [3.05, 3.63) is 48.2 Å². The van der Waals surface area contributed by atoms with Gasteiger partial charge in [0.25, 0.3) is 0 Å². The van der Waals surface area contributed by atoms with Gasteiger partial charge in [-0.05, 0) is 31.2 Å². The summed E-state index contributed by atoms with van der Waals surface area (Å²) in [7, 11) is 0. The van der Waals surface area contributed by atoms with E-state index in [4.69, 9.17) is 10.00 Å². The third kappa shape index (κ3) is 2.61. The van der Waals surface area contributed by atoms with Crippen LogP contribution in [0.2, 0.25) is 0 Å². The van der Waals surface area contributed by atoms with Crippen LogP contribution in [0.3, 0.4) is 0 Å². The molecule has 0 saturated heterocycles. The molecule has 2 rings (SSSR count). The summed E-state index contributed by atoms with van der Waals surface area (Å²) in [5.74, 6) is 0.814. The van der Waals surface area contributed by atoms with Gasteiger partial charge in [0.15, 0.2) is 0 Å². The summed E-state index contributed by atoms with van der Waals surface area (Å²) >= 11 is 0. The molecular weight excluding hydrogens is 212 g/mol. The van der Waals surface area contributed by atoms with E-state index in [0.29, 0.717) is 12.3 Å². The van der Waals surface area contributed by atoms with Crippen LogP contribution in [-0.4, -0.2) is 11.6 Å². The van der Waals surface area contributed by atoms with Crippen molar-refractivity contribution in [2.75, 3.05) is 6.61 Å². The summed E-state index contributed by atoms with van der Waals surface area (Å²) in [5, 5.41) is 8.81. The Morgan fingerprint density at radius 3 is 2.82 bits per heavy atom. The molecule has 2 aromatic rings. The van der Waals surface area contributed by atoms with Crippen molar-refractivity contribution in [1.82, 2.24) is 4.98 Å². The lowest BCUT2D eigenvalue weighted by Crippen LogP contribution is -1.92. The molecule has 1 aromatic heterocycles. The SMILES string of the molecule is CCOc1cccc(-c2cccc(C#N)n2)c1. The first-order chi connectivity index (χ1) is 8.33. The van der Waals surface area contributed by atoms with Gasteiger partial charge >= 0.3 is 0 Å². The Morgan fingerprint density at radius 1 is 1.24 bits per heavy atom. The predicted molar refractivity (Wildman–Crippen MR) is 65.6 cm³/mol. The largest absolute Gasteiger partial charge is 0.494 e. The molecule has 3 nitrogen and oxygen atoms in total. The number of nitriles is 1. The fourth-order valence-electron chi connectivity index (χ4n) is 1.57. The standard InChI is InChI=1S/C14H12N2O/c1-2-17-13-7-3-5-11(9-13)14-8-4-6-12(10-15)16-14/h3-9H,2H2,1H3. The summed E-state index contributed by atoms with van der Waals surface area (Å²) in [6.07, 6.45) is 0. The third-order valence-corrected chi connectivity index (χ3v) is 2.30. The Labute approximate surface area is 100 Å². The smallest absolute Gasteiger partial charge is 0.141 e. The molecule has 0 radical (unpaired) electrons. The van der Waals surface area contributed by atoms with Crippen LogP contribution in [0.15, 0.2) is 42.5 Å². The number of rotatable bonds is 3. The molecule has 0 atom stereocenters. The molecule has 0 amide bonds. The molecule has 3 heteroatoms. The van der Waals surface area contributed by atoms with Gasteiger partial charge < -0.3 is 4.74 Å². The van der Waals surface area contributed by atoms with Gasteiger partial charge in [0, 0.05) is 5.56 Å². The van der Waals surface area contributed by atoms with Crippen molar-refractivity contribution in [3.8, 4) is 23.1 Å². The maximum Gasteiger partial charge on any atom is 0.141 e. The Morgan fingerprint density at radius 2 is 2.06 bits per heavy atom. The van der Waals surface area contributed by atoms with E-state index in [0.717, 1.165) is 17.0 Å². The van der Waals surface area contributed by atoms with E-state index in [1.165, 1.54) is 0 Å². The molecule has 0 fully saturated rings. The highest BCUT2D eigenvalue weighted by Gasteiger charge is 2.02. The van der Waals surface area contributed by atoms with Gasteiger partial charge in [-0.1, -0.05) is 18.2 Å². The van der Waals surface area contributed by atoms with Crippen molar-refractivity contribution >= 4 is 0 Å². The van der Waals surface area contributed by atoms with Gasteiger partial charge in [-0.2, -0.15) is 5.26 Å². The first-order valence-electron chi connectivity index (χ1n) is 5.44. The van der Waals surface area contributed by atoms with Crippen LogP contribution in [0.1, 0.15) is 12.6 Å². The molecule has 0 aliphatic rings. The zero-order valence-electron chi connectivity index (χ0n) is 9.55. The van der Waals surface area contributed by atoms with E-state index in [-0.39, 0.29) is 0 Å². The average molecular weight is 224 g/mol. The van der Waals surface area contributed by atoms with Crippen molar-refractivity contribution in [2.24, 2.45) is 0 Å². The summed E-state index contributed by atoms with van der Waals surface area (Å²) < 4.78 is 5.43. The highest BCUT2D eigenvalue weighted by Crippen LogP contribution is 2.22. The van der Waals surface area contributed by atoms with Gasteiger partial charge in [-0.3, -0.25) is 0 Å². The molecule has 0 spiro atoms. The van der Waals surface area contributed by atoms with Crippen LogP contribution in [0, 0.1) is 11.3 Å². The summed E-state index contributed by atoms with van der Waals surface area (Å²) in [5.41, 5.74) is 2.16. The highest BCUT2D eigenvalue weighted by molar-refractivity contribution is 5.61. The van der Waals surface area contributed by atoms with Crippen molar-refractivity contribution in [3.63, 3.8) is 0 Å². The average Bonchev–Trinajstić information content (AvgIpc) is 2.40. The minimum absolute atomic E-state index is 0.421. The fourth-order valence-corrected chi connectivity index (χ4v) is 1.57. The summed E-state index contributed by atoms with van der Waals surface area (Å²) in [6, 6.07) is 15.1. The van der Waals surface area contributed by atoms with E-state index in [9.17, 15) is 0 Å². The molecule has 0 saturated carbocycles. The van der Waals surface area contributed by atoms with Crippen molar-refractivity contribution in [1.29, 1.82) is 5.26 Å². The number of hydrogen-bond donors (Lipinski definition) is 0. The molecule has 0 unspecified atom stereocenters. The van der Waals surface area contributed by atoms with E-state index in [1.807, 2.05) is 49.4 Å². The molecule has 1 aromatic carbocycles. The van der Waals surface area contributed by atoms with Crippen LogP contribution in [0.5, 0.6) is 5.75 Å². The maximum absolute atomic E-state index is 8.81. The van der Waals surface area contributed by atoms with Crippen LogP contribution in [0.4, 0.5) is 0 Å². The van der Waals surface area contributed by atoms with Crippen molar-refractivity contribution < 1.29 is 4.74 Å². The normalized spacial score (nSPS) is 9.65. The molecule has 0 bridgehead atoms. The van der Waals surface area contributed by atoms with Crippen LogP contribution in [0.25, 0.3) is 11.3 Å². The number of ether oxygens (including phenoxy) is 1. The Hall–Kier alpha value is -2.34. The van der Waals surface area contributed by atoms with Gasteiger partial charge in [0.1, 0.15) is 17.5 Å². The van der Waals surface area contributed by atoms with Crippen LogP contribution in [-0.2, 0) is 0 Å². The second kappa shape index (κ2) is 5.13. The molecule has 1 heterocycles. The lowest BCUT2D eigenvalue weighted by Gasteiger charge is -2.05. The van der Waals surface area contributed by atoms with Crippen LogP contribution >= 0.6 is 0 Å². The lowest BCUT2D eigenvalue weighted by molar-refractivity contribution is 0.340. The zero-order chi connectivity index (χ0) is 12.1. The quantitative estimate of drug-likeness (QED) is 0.805. The number of pyridine rings is 1. The van der Waals surface area contributed by atoms with Gasteiger partial charge in [0.2, 0.25) is 0 Å². The van der Waals surface area contributed by atoms with Crippen molar-refractivity contribution in [2.45, 2.75) is 6.92 Å². The predicted octanol–water partition coefficient (Wildman–Crippen LogP) is 3.02. The monoisotopic (exact) mass is 224 g/mol. The van der Waals surface area contributed by atoms with Gasteiger partial charge in [-0.15, -0.1) is 0 Å². The Kier molecular flexibility index (Phi) is 3.37.